The van der Waals surface area contributed by atoms with Crippen LogP contribution in [0.15, 0.2) is 30.7 Å². The van der Waals surface area contributed by atoms with Gasteiger partial charge in [-0.25, -0.2) is 9.37 Å². The summed E-state index contributed by atoms with van der Waals surface area (Å²) in [5, 5.41) is 3.13. The fraction of sp³-hybridized carbons (Fsp3) is 0.167. The summed E-state index contributed by atoms with van der Waals surface area (Å²) in [6.45, 7) is 1.36. The number of fused-ring (bicyclic) bond motifs is 1. The number of ether oxygens (including phenoxy) is 1. The van der Waals surface area contributed by atoms with E-state index in [0.29, 0.717) is 17.9 Å². The first-order valence-electron chi connectivity index (χ1n) is 5.30. The minimum atomic E-state index is -0.362. The van der Waals surface area contributed by atoms with E-state index in [2.05, 4.69) is 15.3 Å². The van der Waals surface area contributed by atoms with E-state index in [-0.39, 0.29) is 5.82 Å². The lowest BCUT2D eigenvalue weighted by atomic mass is 10.1. The maximum Gasteiger partial charge on any atom is 0.168 e. The van der Waals surface area contributed by atoms with Crippen molar-refractivity contribution in [2.45, 2.75) is 0 Å². The maximum absolute atomic E-state index is 13.1. The Bertz CT molecular complexity index is 559. The largest absolute Gasteiger partial charge is 0.488 e. The van der Waals surface area contributed by atoms with Gasteiger partial charge in [0.15, 0.2) is 11.6 Å². The SMILES string of the molecule is Fc1cncc(-c2cnc3c(c2)OCCN3)c1. The highest BCUT2D eigenvalue weighted by atomic mass is 19.1. The number of aromatic nitrogens is 2. The van der Waals surface area contributed by atoms with Gasteiger partial charge in [0, 0.05) is 23.5 Å². The lowest BCUT2D eigenvalue weighted by Gasteiger charge is -2.18. The van der Waals surface area contributed by atoms with Gasteiger partial charge in [-0.05, 0) is 12.1 Å². The van der Waals surface area contributed by atoms with E-state index in [9.17, 15) is 4.39 Å². The fourth-order valence-corrected chi connectivity index (χ4v) is 1.75. The lowest BCUT2D eigenvalue weighted by Crippen LogP contribution is -2.18. The monoisotopic (exact) mass is 231 g/mol. The van der Waals surface area contributed by atoms with E-state index in [1.54, 1.807) is 12.4 Å². The highest BCUT2D eigenvalue weighted by Crippen LogP contribution is 2.30. The van der Waals surface area contributed by atoms with Crippen LogP contribution in [0.1, 0.15) is 0 Å². The number of nitrogens with zero attached hydrogens (tertiary/aromatic N) is 2. The molecule has 0 radical (unpaired) electrons. The number of pyridine rings is 2. The molecule has 0 saturated heterocycles. The molecule has 0 saturated carbocycles. The molecule has 2 aromatic heterocycles. The topological polar surface area (TPSA) is 47.0 Å². The quantitative estimate of drug-likeness (QED) is 0.816. The number of hydrogen-bond acceptors (Lipinski definition) is 4. The number of halogens is 1. The van der Waals surface area contributed by atoms with Crippen LogP contribution in [0, 0.1) is 5.82 Å². The third-order valence-electron chi connectivity index (χ3n) is 2.54. The number of hydrogen-bond donors (Lipinski definition) is 1. The van der Waals surface area contributed by atoms with Crippen molar-refractivity contribution in [1.82, 2.24) is 9.97 Å². The van der Waals surface area contributed by atoms with Gasteiger partial charge in [-0.3, -0.25) is 4.98 Å². The molecule has 0 spiro atoms. The van der Waals surface area contributed by atoms with E-state index in [0.717, 1.165) is 17.9 Å². The second kappa shape index (κ2) is 4.01. The molecule has 0 amide bonds. The first-order valence-corrected chi connectivity index (χ1v) is 5.30. The van der Waals surface area contributed by atoms with Crippen LogP contribution in [0.25, 0.3) is 11.1 Å². The predicted molar refractivity (Wildman–Crippen MR) is 61.4 cm³/mol. The average Bonchev–Trinajstić information content (AvgIpc) is 2.38. The zero-order valence-corrected chi connectivity index (χ0v) is 8.98. The van der Waals surface area contributed by atoms with Gasteiger partial charge >= 0.3 is 0 Å². The second-order valence-corrected chi connectivity index (χ2v) is 3.74. The van der Waals surface area contributed by atoms with Crippen molar-refractivity contribution in [3.05, 3.63) is 36.5 Å². The molecule has 17 heavy (non-hydrogen) atoms. The first-order chi connectivity index (χ1) is 8.33. The molecular formula is C12H10FN3O. The van der Waals surface area contributed by atoms with Gasteiger partial charge < -0.3 is 10.1 Å². The molecule has 1 aliphatic heterocycles. The van der Waals surface area contributed by atoms with E-state index >= 15 is 0 Å². The van der Waals surface area contributed by atoms with Crippen molar-refractivity contribution in [2.24, 2.45) is 0 Å². The molecule has 1 aliphatic rings. The molecule has 3 rings (SSSR count). The van der Waals surface area contributed by atoms with Gasteiger partial charge in [-0.1, -0.05) is 0 Å². The summed E-state index contributed by atoms with van der Waals surface area (Å²) < 4.78 is 18.5. The summed E-state index contributed by atoms with van der Waals surface area (Å²) in [5.74, 6) is 1.06. The molecule has 4 nitrogen and oxygen atoms in total. The zero-order valence-electron chi connectivity index (χ0n) is 8.98. The predicted octanol–water partition coefficient (Wildman–Crippen LogP) is 2.09. The molecular weight excluding hydrogens is 221 g/mol. The highest BCUT2D eigenvalue weighted by molar-refractivity contribution is 5.67. The average molecular weight is 231 g/mol. The number of rotatable bonds is 1. The molecule has 0 bridgehead atoms. The van der Waals surface area contributed by atoms with Crippen molar-refractivity contribution in [3.63, 3.8) is 0 Å². The standard InChI is InChI=1S/C12H10FN3O/c13-10-3-8(5-14-7-10)9-4-11-12(16-6-9)15-1-2-17-11/h3-7H,1-2H2,(H,15,16). The van der Waals surface area contributed by atoms with Crippen LogP contribution in [0.4, 0.5) is 10.2 Å². The van der Waals surface area contributed by atoms with Crippen LogP contribution in [0.2, 0.25) is 0 Å². The van der Waals surface area contributed by atoms with Crippen LogP contribution in [0.3, 0.4) is 0 Å². The van der Waals surface area contributed by atoms with Crippen molar-refractivity contribution in [3.8, 4) is 16.9 Å². The van der Waals surface area contributed by atoms with Gasteiger partial charge in [0.25, 0.3) is 0 Å². The van der Waals surface area contributed by atoms with E-state index in [4.69, 9.17) is 4.74 Å². The Kier molecular flexibility index (Phi) is 2.36. The Balaban J connectivity index is 2.04. The summed E-state index contributed by atoms with van der Waals surface area (Å²) in [7, 11) is 0. The molecule has 1 N–H and O–H groups in total. The highest BCUT2D eigenvalue weighted by Gasteiger charge is 2.12. The van der Waals surface area contributed by atoms with Crippen LogP contribution in [-0.4, -0.2) is 23.1 Å². The summed E-state index contributed by atoms with van der Waals surface area (Å²) >= 11 is 0. The molecule has 0 atom stereocenters. The Morgan fingerprint density at radius 2 is 2.06 bits per heavy atom. The second-order valence-electron chi connectivity index (χ2n) is 3.74. The normalized spacial score (nSPS) is 13.5. The summed E-state index contributed by atoms with van der Waals surface area (Å²) in [4.78, 5) is 8.05. The molecule has 0 fully saturated rings. The van der Waals surface area contributed by atoms with Gasteiger partial charge in [0.2, 0.25) is 0 Å². The Hall–Kier alpha value is -2.17. The molecule has 5 heteroatoms. The minimum Gasteiger partial charge on any atom is -0.488 e. The van der Waals surface area contributed by atoms with Gasteiger partial charge in [0.05, 0.1) is 12.7 Å². The van der Waals surface area contributed by atoms with E-state index < -0.39 is 0 Å². The molecule has 0 unspecified atom stereocenters. The Morgan fingerprint density at radius 1 is 1.18 bits per heavy atom. The van der Waals surface area contributed by atoms with Crippen molar-refractivity contribution in [1.29, 1.82) is 0 Å². The van der Waals surface area contributed by atoms with Gasteiger partial charge in [-0.15, -0.1) is 0 Å². The summed E-state index contributed by atoms with van der Waals surface area (Å²) in [5.41, 5.74) is 1.48. The number of anilines is 1. The third-order valence-corrected chi connectivity index (χ3v) is 2.54. The van der Waals surface area contributed by atoms with E-state index in [1.165, 1.54) is 12.3 Å². The van der Waals surface area contributed by atoms with Crippen molar-refractivity contribution < 1.29 is 9.13 Å². The van der Waals surface area contributed by atoms with Gasteiger partial charge in [0.1, 0.15) is 12.4 Å². The Morgan fingerprint density at radius 3 is 2.94 bits per heavy atom. The van der Waals surface area contributed by atoms with Gasteiger partial charge in [-0.2, -0.15) is 0 Å². The zero-order chi connectivity index (χ0) is 11.7. The lowest BCUT2D eigenvalue weighted by molar-refractivity contribution is 0.321. The number of nitrogens with one attached hydrogen (secondary N) is 1. The molecule has 86 valence electrons. The maximum atomic E-state index is 13.1. The smallest absolute Gasteiger partial charge is 0.168 e. The van der Waals surface area contributed by atoms with E-state index in [1.807, 2.05) is 6.07 Å². The van der Waals surface area contributed by atoms with Crippen LogP contribution in [0.5, 0.6) is 5.75 Å². The van der Waals surface area contributed by atoms with Crippen LogP contribution in [-0.2, 0) is 0 Å². The van der Waals surface area contributed by atoms with Crippen LogP contribution >= 0.6 is 0 Å². The third kappa shape index (κ3) is 1.91. The molecule has 0 aromatic carbocycles. The molecule has 2 aromatic rings. The summed E-state index contributed by atoms with van der Waals surface area (Å²) in [6.07, 6.45) is 4.45. The molecule has 0 aliphatic carbocycles. The summed E-state index contributed by atoms with van der Waals surface area (Å²) in [6, 6.07) is 3.26. The Labute approximate surface area is 97.5 Å². The fourth-order valence-electron chi connectivity index (χ4n) is 1.75. The first kappa shape index (κ1) is 10.0. The van der Waals surface area contributed by atoms with Crippen molar-refractivity contribution in [2.75, 3.05) is 18.5 Å². The minimum absolute atomic E-state index is 0.362. The van der Waals surface area contributed by atoms with Crippen LogP contribution < -0.4 is 10.1 Å². The van der Waals surface area contributed by atoms with Crippen molar-refractivity contribution >= 4 is 5.82 Å². The molecule has 3 heterocycles.